The SMILES string of the molecule is Cc1ccc(OCC2CN(C)CCN2C)c([N+](=O)[O-])c1. The zero-order valence-corrected chi connectivity index (χ0v) is 12.2. The average Bonchev–Trinajstić information content (AvgIpc) is 2.40. The number of nitro benzene ring substituents is 1. The van der Waals surface area contributed by atoms with E-state index < -0.39 is 0 Å². The molecule has 0 N–H and O–H groups in total. The number of piperazine rings is 1. The molecule has 0 saturated carbocycles. The van der Waals surface area contributed by atoms with Gasteiger partial charge in [0.1, 0.15) is 6.61 Å². The summed E-state index contributed by atoms with van der Waals surface area (Å²) in [6, 6.07) is 5.32. The number of likely N-dealkylation sites (N-methyl/N-ethyl adjacent to an activating group) is 2. The molecule has 0 radical (unpaired) electrons. The second kappa shape index (κ2) is 6.19. The first kappa shape index (κ1) is 14.7. The highest BCUT2D eigenvalue weighted by Gasteiger charge is 2.24. The van der Waals surface area contributed by atoms with Crippen LogP contribution in [-0.4, -0.2) is 61.1 Å². The van der Waals surface area contributed by atoms with Crippen LogP contribution in [-0.2, 0) is 0 Å². The molecule has 1 heterocycles. The van der Waals surface area contributed by atoms with Crippen LogP contribution >= 0.6 is 0 Å². The summed E-state index contributed by atoms with van der Waals surface area (Å²) in [5.41, 5.74) is 0.899. The van der Waals surface area contributed by atoms with Crippen molar-refractivity contribution in [3.8, 4) is 5.75 Å². The summed E-state index contributed by atoms with van der Waals surface area (Å²) < 4.78 is 5.70. The number of benzene rings is 1. The van der Waals surface area contributed by atoms with Crippen molar-refractivity contribution in [2.24, 2.45) is 0 Å². The number of nitrogens with zero attached hydrogens (tertiary/aromatic N) is 3. The maximum atomic E-state index is 11.0. The minimum absolute atomic E-state index is 0.0387. The molecule has 0 bridgehead atoms. The summed E-state index contributed by atoms with van der Waals surface area (Å²) in [6.45, 7) is 5.24. The van der Waals surface area contributed by atoms with E-state index in [-0.39, 0.29) is 16.7 Å². The second-order valence-corrected chi connectivity index (χ2v) is 5.44. The molecule has 6 heteroatoms. The fourth-order valence-electron chi connectivity index (χ4n) is 2.36. The lowest BCUT2D eigenvalue weighted by atomic mass is 10.2. The van der Waals surface area contributed by atoms with E-state index in [4.69, 9.17) is 4.74 Å². The lowest BCUT2D eigenvalue weighted by Gasteiger charge is -2.37. The predicted octanol–water partition coefficient (Wildman–Crippen LogP) is 1.53. The van der Waals surface area contributed by atoms with Crippen LogP contribution in [0.2, 0.25) is 0 Å². The van der Waals surface area contributed by atoms with E-state index in [0.717, 1.165) is 25.2 Å². The number of aryl methyl sites for hydroxylation is 1. The molecule has 0 spiro atoms. The Bertz CT molecular complexity index is 493. The van der Waals surface area contributed by atoms with Crippen molar-refractivity contribution in [2.75, 3.05) is 40.3 Å². The number of rotatable bonds is 4. The van der Waals surface area contributed by atoms with Crippen molar-refractivity contribution in [3.05, 3.63) is 33.9 Å². The van der Waals surface area contributed by atoms with E-state index in [1.807, 2.05) is 13.0 Å². The summed E-state index contributed by atoms with van der Waals surface area (Å²) in [5.74, 6) is 0.349. The molecule has 2 rings (SSSR count). The minimum Gasteiger partial charge on any atom is -0.485 e. The highest BCUT2D eigenvalue weighted by molar-refractivity contribution is 5.48. The van der Waals surface area contributed by atoms with Gasteiger partial charge >= 0.3 is 5.69 Å². The Balaban J connectivity index is 2.05. The molecular formula is C14H21N3O3. The highest BCUT2D eigenvalue weighted by Crippen LogP contribution is 2.28. The first-order valence-corrected chi connectivity index (χ1v) is 6.74. The Hall–Kier alpha value is -1.66. The minimum atomic E-state index is -0.390. The summed E-state index contributed by atoms with van der Waals surface area (Å²) in [7, 11) is 4.14. The fraction of sp³-hybridized carbons (Fsp3) is 0.571. The van der Waals surface area contributed by atoms with Crippen LogP contribution in [0.15, 0.2) is 18.2 Å². The van der Waals surface area contributed by atoms with Gasteiger partial charge < -0.3 is 9.64 Å². The van der Waals surface area contributed by atoms with Gasteiger partial charge in [0, 0.05) is 25.7 Å². The highest BCUT2D eigenvalue weighted by atomic mass is 16.6. The third kappa shape index (κ3) is 3.46. The van der Waals surface area contributed by atoms with Crippen LogP contribution in [0.5, 0.6) is 5.75 Å². The first-order chi connectivity index (χ1) is 9.47. The maximum Gasteiger partial charge on any atom is 0.311 e. The van der Waals surface area contributed by atoms with Gasteiger partial charge in [-0.25, -0.2) is 0 Å². The van der Waals surface area contributed by atoms with Crippen LogP contribution in [0.25, 0.3) is 0 Å². The Morgan fingerprint density at radius 3 is 2.85 bits per heavy atom. The Labute approximate surface area is 119 Å². The van der Waals surface area contributed by atoms with Crippen molar-refractivity contribution in [3.63, 3.8) is 0 Å². The molecule has 1 fully saturated rings. The molecule has 20 heavy (non-hydrogen) atoms. The van der Waals surface area contributed by atoms with E-state index in [2.05, 4.69) is 23.9 Å². The van der Waals surface area contributed by atoms with Gasteiger partial charge in [-0.3, -0.25) is 15.0 Å². The molecule has 1 atom stereocenters. The van der Waals surface area contributed by atoms with E-state index >= 15 is 0 Å². The van der Waals surface area contributed by atoms with Gasteiger partial charge in [0.2, 0.25) is 0 Å². The molecule has 0 amide bonds. The van der Waals surface area contributed by atoms with Gasteiger partial charge in [-0.15, -0.1) is 0 Å². The number of nitro groups is 1. The molecule has 1 saturated heterocycles. The molecule has 1 aliphatic heterocycles. The standard InChI is InChI=1S/C14H21N3O3/c1-11-4-5-14(13(8-11)17(18)19)20-10-12-9-15(2)6-7-16(12)3/h4-5,8,12H,6-7,9-10H2,1-3H3. The van der Waals surface area contributed by atoms with Crippen LogP contribution in [0.3, 0.4) is 0 Å². The van der Waals surface area contributed by atoms with E-state index in [9.17, 15) is 10.1 Å². The quantitative estimate of drug-likeness (QED) is 0.618. The topological polar surface area (TPSA) is 58.8 Å². The van der Waals surface area contributed by atoms with Gasteiger partial charge in [0.25, 0.3) is 0 Å². The third-order valence-corrected chi connectivity index (χ3v) is 3.72. The first-order valence-electron chi connectivity index (χ1n) is 6.74. The number of hydrogen-bond donors (Lipinski definition) is 0. The smallest absolute Gasteiger partial charge is 0.311 e. The number of hydrogen-bond acceptors (Lipinski definition) is 5. The average molecular weight is 279 g/mol. The van der Waals surface area contributed by atoms with Crippen LogP contribution in [0.4, 0.5) is 5.69 Å². The van der Waals surface area contributed by atoms with Gasteiger partial charge in [0.15, 0.2) is 5.75 Å². The molecule has 0 aliphatic carbocycles. The summed E-state index contributed by atoms with van der Waals surface area (Å²) in [6.07, 6.45) is 0. The Morgan fingerprint density at radius 1 is 1.40 bits per heavy atom. The molecule has 1 unspecified atom stereocenters. The third-order valence-electron chi connectivity index (χ3n) is 3.72. The van der Waals surface area contributed by atoms with Crippen LogP contribution < -0.4 is 4.74 Å². The van der Waals surface area contributed by atoms with Gasteiger partial charge in [-0.1, -0.05) is 6.07 Å². The molecule has 6 nitrogen and oxygen atoms in total. The monoisotopic (exact) mass is 279 g/mol. The fourth-order valence-corrected chi connectivity index (χ4v) is 2.36. The molecule has 0 aromatic heterocycles. The van der Waals surface area contributed by atoms with Crippen molar-refractivity contribution in [2.45, 2.75) is 13.0 Å². The van der Waals surface area contributed by atoms with Crippen molar-refractivity contribution < 1.29 is 9.66 Å². The summed E-state index contributed by atoms with van der Waals surface area (Å²) >= 11 is 0. The zero-order chi connectivity index (χ0) is 14.7. The predicted molar refractivity (Wildman–Crippen MR) is 77.2 cm³/mol. The molecule has 1 aromatic rings. The molecule has 1 aromatic carbocycles. The van der Waals surface area contributed by atoms with Crippen molar-refractivity contribution in [1.29, 1.82) is 0 Å². The normalized spacial score (nSPS) is 20.9. The molecular weight excluding hydrogens is 258 g/mol. The van der Waals surface area contributed by atoms with Crippen LogP contribution in [0, 0.1) is 17.0 Å². The summed E-state index contributed by atoms with van der Waals surface area (Å²) in [4.78, 5) is 15.1. The Kier molecular flexibility index (Phi) is 4.57. The van der Waals surface area contributed by atoms with Gasteiger partial charge in [-0.05, 0) is 32.6 Å². The van der Waals surface area contributed by atoms with E-state index in [1.54, 1.807) is 12.1 Å². The van der Waals surface area contributed by atoms with Crippen molar-refractivity contribution in [1.82, 2.24) is 9.80 Å². The van der Waals surface area contributed by atoms with Gasteiger partial charge in [0.05, 0.1) is 11.0 Å². The van der Waals surface area contributed by atoms with Crippen molar-refractivity contribution >= 4 is 5.69 Å². The largest absolute Gasteiger partial charge is 0.485 e. The second-order valence-electron chi connectivity index (χ2n) is 5.44. The maximum absolute atomic E-state index is 11.0. The Morgan fingerprint density at radius 2 is 2.15 bits per heavy atom. The molecule has 1 aliphatic rings. The lowest BCUT2D eigenvalue weighted by Crippen LogP contribution is -2.52. The van der Waals surface area contributed by atoms with Gasteiger partial charge in [-0.2, -0.15) is 0 Å². The molecule has 110 valence electrons. The lowest BCUT2D eigenvalue weighted by molar-refractivity contribution is -0.386. The number of ether oxygens (including phenoxy) is 1. The van der Waals surface area contributed by atoms with E-state index in [1.165, 1.54) is 0 Å². The zero-order valence-electron chi connectivity index (χ0n) is 12.2. The van der Waals surface area contributed by atoms with E-state index in [0.29, 0.717) is 12.4 Å². The van der Waals surface area contributed by atoms with Crippen LogP contribution in [0.1, 0.15) is 5.56 Å². The summed E-state index contributed by atoms with van der Waals surface area (Å²) in [5, 5.41) is 11.0.